The number of methoxy groups -OCH3 is 2. The predicted octanol–water partition coefficient (Wildman–Crippen LogP) is 2.34. The van der Waals surface area contributed by atoms with E-state index in [-0.39, 0.29) is 12.5 Å². The first-order valence-corrected chi connectivity index (χ1v) is 6.55. The quantitative estimate of drug-likeness (QED) is 0.363. The summed E-state index contributed by atoms with van der Waals surface area (Å²) in [6.07, 6.45) is 5.53. The van der Waals surface area contributed by atoms with E-state index >= 15 is 0 Å². The molecule has 0 aromatic rings. The average molecular weight is 274 g/mol. The zero-order chi connectivity index (χ0) is 14.9. The summed E-state index contributed by atoms with van der Waals surface area (Å²) >= 11 is 0. The Hall–Kier alpha value is -0.910. The number of carboxylic acids is 1. The van der Waals surface area contributed by atoms with Crippen LogP contribution in [0.4, 0.5) is 0 Å². The number of carbonyl (C=O) groups is 1. The van der Waals surface area contributed by atoms with Gasteiger partial charge in [-0.15, -0.1) is 0 Å². The van der Waals surface area contributed by atoms with Crippen molar-refractivity contribution in [1.82, 2.24) is 0 Å². The van der Waals surface area contributed by atoms with Gasteiger partial charge in [-0.2, -0.15) is 0 Å². The van der Waals surface area contributed by atoms with Gasteiger partial charge in [0.15, 0.2) is 0 Å². The number of carboxylic acid groups (broad SMARTS) is 1. The van der Waals surface area contributed by atoms with Crippen molar-refractivity contribution in [2.75, 3.05) is 14.2 Å². The molecule has 5 heteroatoms. The van der Waals surface area contributed by atoms with Gasteiger partial charge in [-0.25, -0.2) is 4.79 Å². The minimum absolute atomic E-state index is 0.200. The Balaban J connectivity index is 4.25. The van der Waals surface area contributed by atoms with Crippen LogP contribution in [0.3, 0.4) is 0 Å². The van der Waals surface area contributed by atoms with E-state index < -0.39 is 11.8 Å². The summed E-state index contributed by atoms with van der Waals surface area (Å²) in [5.74, 6) is -2.72. The fourth-order valence-corrected chi connectivity index (χ4v) is 1.85. The first-order chi connectivity index (χ1) is 8.88. The minimum atomic E-state index is -1.60. The van der Waals surface area contributed by atoms with Crippen molar-refractivity contribution in [3.63, 3.8) is 0 Å². The van der Waals surface area contributed by atoms with Gasteiger partial charge in [0.25, 0.3) is 5.79 Å². The maximum Gasteiger partial charge on any atom is 0.364 e. The summed E-state index contributed by atoms with van der Waals surface area (Å²) in [4.78, 5) is 11.2. The Labute approximate surface area is 115 Å². The van der Waals surface area contributed by atoms with Gasteiger partial charge in [0.1, 0.15) is 0 Å². The van der Waals surface area contributed by atoms with Crippen LogP contribution in [0.2, 0.25) is 0 Å². The van der Waals surface area contributed by atoms with E-state index in [0.29, 0.717) is 0 Å². The lowest BCUT2D eigenvalue weighted by molar-refractivity contribution is -0.224. The Morgan fingerprint density at radius 2 is 1.89 bits per heavy atom. The maximum absolute atomic E-state index is 11.2. The lowest BCUT2D eigenvalue weighted by Gasteiger charge is -2.26. The topological polar surface area (TPSA) is 76.0 Å². The third kappa shape index (κ3) is 6.71. The molecular formula is C14H26O5. The minimum Gasteiger partial charge on any atom is -0.477 e. The van der Waals surface area contributed by atoms with Crippen LogP contribution in [-0.4, -0.2) is 42.3 Å². The highest BCUT2D eigenvalue weighted by molar-refractivity contribution is 5.76. The fourth-order valence-electron chi connectivity index (χ4n) is 1.85. The van der Waals surface area contributed by atoms with Gasteiger partial charge in [-0.05, 0) is 33.1 Å². The smallest absolute Gasteiger partial charge is 0.364 e. The standard InChI is InChI=1S/C14H26O5/c1-11(8-6-5-7-9-12(2)15)10-14(18-3,19-4)13(16)17/h8,12,15H,5-7,9-10H2,1-4H3,(H,16,17)/b11-8+. The molecule has 0 heterocycles. The van der Waals surface area contributed by atoms with Gasteiger partial charge >= 0.3 is 5.97 Å². The van der Waals surface area contributed by atoms with E-state index in [1.807, 2.05) is 13.0 Å². The van der Waals surface area contributed by atoms with Crippen molar-refractivity contribution in [1.29, 1.82) is 0 Å². The fraction of sp³-hybridized carbons (Fsp3) is 0.786. The van der Waals surface area contributed by atoms with E-state index in [9.17, 15) is 4.79 Å². The van der Waals surface area contributed by atoms with Crippen LogP contribution in [0.15, 0.2) is 11.6 Å². The molecule has 5 nitrogen and oxygen atoms in total. The zero-order valence-electron chi connectivity index (χ0n) is 12.3. The van der Waals surface area contributed by atoms with Crippen LogP contribution in [0.1, 0.15) is 46.0 Å². The Morgan fingerprint density at radius 1 is 1.32 bits per heavy atom. The van der Waals surface area contributed by atoms with E-state index in [0.717, 1.165) is 31.3 Å². The van der Waals surface area contributed by atoms with E-state index in [2.05, 4.69) is 0 Å². The molecule has 2 N–H and O–H groups in total. The first-order valence-electron chi connectivity index (χ1n) is 6.55. The Kier molecular flexibility index (Phi) is 8.63. The number of ether oxygens (including phenoxy) is 2. The largest absolute Gasteiger partial charge is 0.477 e. The van der Waals surface area contributed by atoms with Crippen molar-refractivity contribution in [3.05, 3.63) is 11.6 Å². The molecule has 0 amide bonds. The van der Waals surface area contributed by atoms with Crippen molar-refractivity contribution < 1.29 is 24.5 Å². The molecule has 0 aromatic heterocycles. The highest BCUT2D eigenvalue weighted by atomic mass is 16.7. The van der Waals surface area contributed by atoms with E-state index in [4.69, 9.17) is 19.7 Å². The molecule has 1 atom stereocenters. The SMILES string of the molecule is COC(C/C(C)=C/CCCCC(C)O)(OC)C(=O)O. The van der Waals surface area contributed by atoms with Crippen LogP contribution >= 0.6 is 0 Å². The molecule has 0 bridgehead atoms. The zero-order valence-corrected chi connectivity index (χ0v) is 12.3. The number of allylic oxidation sites excluding steroid dienone is 1. The van der Waals surface area contributed by atoms with Gasteiger partial charge in [-0.1, -0.05) is 18.1 Å². The Bertz CT molecular complexity index is 292. The van der Waals surface area contributed by atoms with Gasteiger partial charge in [0, 0.05) is 20.6 Å². The van der Waals surface area contributed by atoms with Crippen LogP contribution in [0.25, 0.3) is 0 Å². The summed E-state index contributed by atoms with van der Waals surface area (Å²) in [6, 6.07) is 0. The van der Waals surface area contributed by atoms with Crippen LogP contribution in [0.5, 0.6) is 0 Å². The van der Waals surface area contributed by atoms with Crippen LogP contribution in [0, 0.1) is 0 Å². The molecule has 0 radical (unpaired) electrons. The number of unbranched alkanes of at least 4 members (excludes halogenated alkanes) is 2. The van der Waals surface area contributed by atoms with Crippen molar-refractivity contribution in [3.8, 4) is 0 Å². The summed E-state index contributed by atoms with van der Waals surface area (Å²) in [5, 5.41) is 18.3. The molecule has 0 saturated heterocycles. The molecule has 0 aliphatic rings. The lowest BCUT2D eigenvalue weighted by Crippen LogP contribution is -2.42. The number of hydrogen-bond donors (Lipinski definition) is 2. The first kappa shape index (κ1) is 18.1. The summed E-state index contributed by atoms with van der Waals surface area (Å²) in [5.41, 5.74) is 0.920. The predicted molar refractivity (Wildman–Crippen MR) is 72.9 cm³/mol. The molecule has 0 aliphatic carbocycles. The second-order valence-corrected chi connectivity index (χ2v) is 4.83. The molecule has 0 rings (SSSR count). The number of hydrogen-bond acceptors (Lipinski definition) is 4. The molecule has 0 fully saturated rings. The second kappa shape index (κ2) is 9.07. The van der Waals surface area contributed by atoms with Gasteiger partial charge in [0.2, 0.25) is 0 Å². The molecular weight excluding hydrogens is 248 g/mol. The molecule has 0 spiro atoms. The van der Waals surface area contributed by atoms with Crippen molar-refractivity contribution in [2.45, 2.75) is 57.8 Å². The molecule has 19 heavy (non-hydrogen) atoms. The monoisotopic (exact) mass is 274 g/mol. The average Bonchev–Trinajstić information content (AvgIpc) is 2.34. The molecule has 0 aliphatic heterocycles. The van der Waals surface area contributed by atoms with Gasteiger partial charge in [-0.3, -0.25) is 0 Å². The Morgan fingerprint density at radius 3 is 2.32 bits per heavy atom. The van der Waals surface area contributed by atoms with Crippen LogP contribution < -0.4 is 0 Å². The second-order valence-electron chi connectivity index (χ2n) is 4.83. The molecule has 1 unspecified atom stereocenters. The van der Waals surface area contributed by atoms with Crippen LogP contribution in [-0.2, 0) is 14.3 Å². The number of aliphatic hydroxyl groups is 1. The third-order valence-electron chi connectivity index (χ3n) is 3.07. The van der Waals surface area contributed by atoms with Gasteiger partial charge < -0.3 is 19.7 Å². The third-order valence-corrected chi connectivity index (χ3v) is 3.07. The van der Waals surface area contributed by atoms with E-state index in [1.54, 1.807) is 6.92 Å². The number of rotatable bonds is 10. The maximum atomic E-state index is 11.2. The number of aliphatic hydroxyl groups excluding tert-OH is 1. The lowest BCUT2D eigenvalue weighted by atomic mass is 10.0. The molecule has 0 saturated carbocycles. The van der Waals surface area contributed by atoms with Gasteiger partial charge in [0.05, 0.1) is 6.10 Å². The highest BCUT2D eigenvalue weighted by Gasteiger charge is 2.39. The van der Waals surface area contributed by atoms with Crippen molar-refractivity contribution >= 4 is 5.97 Å². The normalized spacial score (nSPS) is 14.5. The summed E-state index contributed by atoms with van der Waals surface area (Å²) in [7, 11) is 2.65. The highest BCUT2D eigenvalue weighted by Crippen LogP contribution is 2.22. The van der Waals surface area contributed by atoms with E-state index in [1.165, 1.54) is 14.2 Å². The summed E-state index contributed by atoms with van der Waals surface area (Å²) in [6.45, 7) is 3.64. The van der Waals surface area contributed by atoms with Crippen molar-refractivity contribution in [2.24, 2.45) is 0 Å². The number of aliphatic carboxylic acids is 1. The molecule has 0 aromatic carbocycles. The molecule has 112 valence electrons. The summed E-state index contributed by atoms with van der Waals surface area (Å²) < 4.78 is 9.96.